The largest absolute Gasteiger partial charge is 0.329 e. The Morgan fingerprint density at radius 1 is 0.824 bits per heavy atom. The van der Waals surface area contributed by atoms with E-state index < -0.39 is 0 Å². The van der Waals surface area contributed by atoms with E-state index in [1.54, 1.807) is 0 Å². The zero-order chi connectivity index (χ0) is 12.8. The molecule has 0 fully saturated rings. The lowest BCUT2D eigenvalue weighted by Gasteiger charge is -2.22. The summed E-state index contributed by atoms with van der Waals surface area (Å²) in [5.41, 5.74) is 5.47. The molecule has 0 aromatic heterocycles. The van der Waals surface area contributed by atoms with Crippen molar-refractivity contribution in [1.82, 2.24) is 10.2 Å². The van der Waals surface area contributed by atoms with Gasteiger partial charge in [0, 0.05) is 26.2 Å². The van der Waals surface area contributed by atoms with Crippen LogP contribution in [0, 0.1) is 0 Å². The molecule has 0 spiro atoms. The molecule has 0 aromatic carbocycles. The van der Waals surface area contributed by atoms with Crippen LogP contribution in [0.25, 0.3) is 0 Å². The zero-order valence-corrected chi connectivity index (χ0v) is 12.0. The second-order valence-corrected chi connectivity index (χ2v) is 4.79. The van der Waals surface area contributed by atoms with Gasteiger partial charge in [-0.2, -0.15) is 0 Å². The van der Waals surface area contributed by atoms with Crippen molar-refractivity contribution < 1.29 is 0 Å². The summed E-state index contributed by atoms with van der Waals surface area (Å²) in [6.07, 6.45) is 8.04. The summed E-state index contributed by atoms with van der Waals surface area (Å²) >= 11 is 0. The first-order valence-electron chi connectivity index (χ1n) is 7.48. The first-order valence-corrected chi connectivity index (χ1v) is 7.48. The highest BCUT2D eigenvalue weighted by Gasteiger charge is 2.03. The third-order valence-corrected chi connectivity index (χ3v) is 3.08. The number of hydrogen-bond acceptors (Lipinski definition) is 3. The van der Waals surface area contributed by atoms with Gasteiger partial charge in [0.25, 0.3) is 0 Å². The highest BCUT2D eigenvalue weighted by molar-refractivity contribution is 4.61. The second-order valence-electron chi connectivity index (χ2n) is 4.79. The van der Waals surface area contributed by atoms with Crippen molar-refractivity contribution in [3.05, 3.63) is 0 Å². The standard InChI is InChI=1S/C14H33N3/c1-3-5-7-12-17(13-8-6-4-2)14-11-16-10-9-15/h16H,3-15H2,1-2H3. The number of nitrogens with two attached hydrogens (primary N) is 1. The molecule has 0 unspecified atom stereocenters. The Hall–Kier alpha value is -0.120. The molecule has 3 N–H and O–H groups in total. The van der Waals surface area contributed by atoms with E-state index in [1.165, 1.54) is 58.2 Å². The van der Waals surface area contributed by atoms with Gasteiger partial charge in [0.05, 0.1) is 0 Å². The predicted molar refractivity (Wildman–Crippen MR) is 77.4 cm³/mol. The van der Waals surface area contributed by atoms with Gasteiger partial charge in [0.15, 0.2) is 0 Å². The van der Waals surface area contributed by atoms with E-state index in [9.17, 15) is 0 Å². The van der Waals surface area contributed by atoms with Gasteiger partial charge in [-0.25, -0.2) is 0 Å². The van der Waals surface area contributed by atoms with Gasteiger partial charge in [0.1, 0.15) is 0 Å². The summed E-state index contributed by atoms with van der Waals surface area (Å²) in [4.78, 5) is 2.61. The van der Waals surface area contributed by atoms with Crippen LogP contribution in [0.15, 0.2) is 0 Å². The van der Waals surface area contributed by atoms with E-state index in [4.69, 9.17) is 5.73 Å². The fraction of sp³-hybridized carbons (Fsp3) is 1.00. The maximum Gasteiger partial charge on any atom is 0.0107 e. The van der Waals surface area contributed by atoms with Gasteiger partial charge in [-0.15, -0.1) is 0 Å². The predicted octanol–water partition coefficient (Wildman–Crippen LogP) is 2.22. The highest BCUT2D eigenvalue weighted by Crippen LogP contribution is 2.02. The zero-order valence-electron chi connectivity index (χ0n) is 12.0. The molecule has 0 heterocycles. The van der Waals surface area contributed by atoms with Crippen LogP contribution in [0.1, 0.15) is 52.4 Å². The third-order valence-electron chi connectivity index (χ3n) is 3.08. The Morgan fingerprint density at radius 3 is 1.88 bits per heavy atom. The smallest absolute Gasteiger partial charge is 0.0107 e. The fourth-order valence-electron chi connectivity index (χ4n) is 1.97. The summed E-state index contributed by atoms with van der Waals surface area (Å²) < 4.78 is 0. The summed E-state index contributed by atoms with van der Waals surface area (Å²) in [7, 11) is 0. The van der Waals surface area contributed by atoms with Crippen molar-refractivity contribution in [3.63, 3.8) is 0 Å². The Kier molecular flexibility index (Phi) is 13.8. The lowest BCUT2D eigenvalue weighted by atomic mass is 10.2. The SMILES string of the molecule is CCCCCN(CCCCC)CCNCCN. The van der Waals surface area contributed by atoms with Crippen LogP contribution in [0.3, 0.4) is 0 Å². The Morgan fingerprint density at radius 2 is 1.41 bits per heavy atom. The maximum atomic E-state index is 5.47. The van der Waals surface area contributed by atoms with Crippen LogP contribution in [0.2, 0.25) is 0 Å². The molecule has 0 rings (SSSR count). The lowest BCUT2D eigenvalue weighted by molar-refractivity contribution is 0.262. The molecule has 0 aliphatic carbocycles. The summed E-state index contributed by atoms with van der Waals surface area (Å²) in [5, 5.41) is 3.38. The van der Waals surface area contributed by atoms with Crippen molar-refractivity contribution in [2.75, 3.05) is 39.3 Å². The first kappa shape index (κ1) is 16.9. The number of unbranched alkanes of at least 4 members (excludes halogenated alkanes) is 4. The van der Waals surface area contributed by atoms with Gasteiger partial charge < -0.3 is 16.0 Å². The summed E-state index contributed by atoms with van der Waals surface area (Å²) in [6, 6.07) is 0. The van der Waals surface area contributed by atoms with Gasteiger partial charge in [-0.1, -0.05) is 39.5 Å². The molecule has 0 bridgehead atoms. The first-order chi connectivity index (χ1) is 8.35. The van der Waals surface area contributed by atoms with Crippen molar-refractivity contribution in [3.8, 4) is 0 Å². The molecule has 0 saturated heterocycles. The third kappa shape index (κ3) is 12.1. The van der Waals surface area contributed by atoms with Crippen LogP contribution in [-0.2, 0) is 0 Å². The van der Waals surface area contributed by atoms with Crippen LogP contribution < -0.4 is 11.1 Å². The van der Waals surface area contributed by atoms with Crippen molar-refractivity contribution in [2.24, 2.45) is 5.73 Å². The molecule has 0 aliphatic rings. The highest BCUT2D eigenvalue weighted by atomic mass is 15.1. The molecule has 0 amide bonds. The topological polar surface area (TPSA) is 41.3 Å². The molecular formula is C14H33N3. The molecule has 17 heavy (non-hydrogen) atoms. The van der Waals surface area contributed by atoms with E-state index in [0.29, 0.717) is 0 Å². The normalized spacial score (nSPS) is 11.3. The molecule has 0 aliphatic heterocycles. The van der Waals surface area contributed by atoms with Crippen LogP contribution in [-0.4, -0.2) is 44.2 Å². The Labute approximate surface area is 108 Å². The maximum absolute atomic E-state index is 5.47. The molecule has 0 atom stereocenters. The minimum Gasteiger partial charge on any atom is -0.329 e. The van der Waals surface area contributed by atoms with Crippen LogP contribution in [0.4, 0.5) is 0 Å². The average molecular weight is 243 g/mol. The van der Waals surface area contributed by atoms with Crippen molar-refractivity contribution in [1.29, 1.82) is 0 Å². The molecule has 104 valence electrons. The van der Waals surface area contributed by atoms with E-state index in [0.717, 1.165) is 19.6 Å². The number of nitrogens with zero attached hydrogens (tertiary/aromatic N) is 1. The minimum absolute atomic E-state index is 0.742. The van der Waals surface area contributed by atoms with Gasteiger partial charge >= 0.3 is 0 Å². The van der Waals surface area contributed by atoms with E-state index in [1.807, 2.05) is 0 Å². The average Bonchev–Trinajstić information content (AvgIpc) is 2.34. The van der Waals surface area contributed by atoms with Crippen LogP contribution >= 0.6 is 0 Å². The fourth-order valence-corrected chi connectivity index (χ4v) is 1.97. The van der Waals surface area contributed by atoms with E-state index in [-0.39, 0.29) is 0 Å². The second kappa shape index (κ2) is 13.9. The molecule has 3 nitrogen and oxygen atoms in total. The van der Waals surface area contributed by atoms with Crippen molar-refractivity contribution >= 4 is 0 Å². The number of hydrogen-bond donors (Lipinski definition) is 2. The Bertz CT molecular complexity index is 129. The minimum atomic E-state index is 0.742. The Balaban J connectivity index is 3.60. The summed E-state index contributed by atoms with van der Waals surface area (Å²) in [6.45, 7) is 11.0. The number of rotatable bonds is 13. The van der Waals surface area contributed by atoms with Crippen LogP contribution in [0.5, 0.6) is 0 Å². The summed E-state index contributed by atoms with van der Waals surface area (Å²) in [5.74, 6) is 0. The van der Waals surface area contributed by atoms with E-state index in [2.05, 4.69) is 24.1 Å². The van der Waals surface area contributed by atoms with Gasteiger partial charge in [0.2, 0.25) is 0 Å². The molecule has 3 heteroatoms. The van der Waals surface area contributed by atoms with E-state index >= 15 is 0 Å². The molecular weight excluding hydrogens is 210 g/mol. The molecule has 0 radical (unpaired) electrons. The monoisotopic (exact) mass is 243 g/mol. The molecule has 0 saturated carbocycles. The van der Waals surface area contributed by atoms with Gasteiger partial charge in [-0.05, 0) is 25.9 Å². The lowest BCUT2D eigenvalue weighted by Crippen LogP contribution is -2.35. The molecule has 0 aromatic rings. The number of nitrogens with one attached hydrogen (secondary N) is 1. The van der Waals surface area contributed by atoms with Gasteiger partial charge in [-0.3, -0.25) is 0 Å². The van der Waals surface area contributed by atoms with Crippen molar-refractivity contribution in [2.45, 2.75) is 52.4 Å². The quantitative estimate of drug-likeness (QED) is 0.487.